The highest BCUT2D eigenvalue weighted by Gasteiger charge is 2.31. The van der Waals surface area contributed by atoms with Crippen LogP contribution in [0.3, 0.4) is 0 Å². The van der Waals surface area contributed by atoms with Crippen molar-refractivity contribution in [2.75, 3.05) is 20.8 Å². The summed E-state index contributed by atoms with van der Waals surface area (Å²) in [5.41, 5.74) is 0.658. The molecule has 1 aliphatic rings. The van der Waals surface area contributed by atoms with Crippen LogP contribution in [0, 0.1) is 0 Å². The molecular formula is C15H14ClNO3S2. The minimum Gasteiger partial charge on any atom is -0.493 e. The van der Waals surface area contributed by atoms with Gasteiger partial charge in [0, 0.05) is 23.2 Å². The zero-order valence-electron chi connectivity index (χ0n) is 12.1. The van der Waals surface area contributed by atoms with Gasteiger partial charge < -0.3 is 9.47 Å². The summed E-state index contributed by atoms with van der Waals surface area (Å²) in [4.78, 5) is 14.3. The van der Waals surface area contributed by atoms with Gasteiger partial charge in [0.25, 0.3) is 5.91 Å². The van der Waals surface area contributed by atoms with E-state index >= 15 is 0 Å². The van der Waals surface area contributed by atoms with Crippen molar-refractivity contribution in [3.05, 3.63) is 40.3 Å². The van der Waals surface area contributed by atoms with Crippen molar-refractivity contribution in [2.24, 2.45) is 0 Å². The monoisotopic (exact) mass is 355 g/mol. The molecule has 22 heavy (non-hydrogen) atoms. The summed E-state index contributed by atoms with van der Waals surface area (Å²) < 4.78 is 11.1. The van der Waals surface area contributed by atoms with E-state index in [-0.39, 0.29) is 5.91 Å². The summed E-state index contributed by atoms with van der Waals surface area (Å²) >= 11 is 12.5. The lowest BCUT2D eigenvalue weighted by atomic mass is 10.1. The van der Waals surface area contributed by atoms with Gasteiger partial charge in [-0.05, 0) is 12.1 Å². The van der Waals surface area contributed by atoms with Crippen molar-refractivity contribution in [3.63, 3.8) is 0 Å². The van der Waals surface area contributed by atoms with E-state index < -0.39 is 0 Å². The Labute approximate surface area is 143 Å². The third-order valence-electron chi connectivity index (χ3n) is 2.94. The number of hydrogen-bond acceptors (Lipinski definition) is 5. The van der Waals surface area contributed by atoms with Crippen molar-refractivity contribution >= 4 is 51.9 Å². The molecule has 1 amide bonds. The molecule has 1 fully saturated rings. The first-order valence-corrected chi connectivity index (χ1v) is 7.89. The molecule has 1 aliphatic heterocycles. The van der Waals surface area contributed by atoms with E-state index in [2.05, 4.69) is 6.58 Å². The number of hydrogen-bond donors (Lipinski definition) is 0. The van der Waals surface area contributed by atoms with Crippen LogP contribution >= 0.6 is 35.6 Å². The van der Waals surface area contributed by atoms with E-state index in [9.17, 15) is 4.79 Å². The van der Waals surface area contributed by atoms with Crippen molar-refractivity contribution in [2.45, 2.75) is 0 Å². The van der Waals surface area contributed by atoms with Gasteiger partial charge >= 0.3 is 0 Å². The lowest BCUT2D eigenvalue weighted by Crippen LogP contribution is -2.27. The normalized spacial score (nSPS) is 16.3. The van der Waals surface area contributed by atoms with Crippen LogP contribution in [0.15, 0.2) is 29.7 Å². The maximum atomic E-state index is 12.3. The van der Waals surface area contributed by atoms with Gasteiger partial charge in [0.15, 0.2) is 11.5 Å². The van der Waals surface area contributed by atoms with Crippen LogP contribution in [-0.4, -0.2) is 35.9 Å². The second-order valence-corrected chi connectivity index (χ2v) is 6.42. The highest BCUT2D eigenvalue weighted by atomic mass is 35.5. The van der Waals surface area contributed by atoms with Crippen molar-refractivity contribution in [1.29, 1.82) is 0 Å². The van der Waals surface area contributed by atoms with Gasteiger partial charge in [0.05, 0.1) is 19.1 Å². The first-order chi connectivity index (χ1) is 10.5. The van der Waals surface area contributed by atoms with Crippen LogP contribution in [0.5, 0.6) is 11.5 Å². The van der Waals surface area contributed by atoms with Gasteiger partial charge in [0.1, 0.15) is 4.32 Å². The van der Waals surface area contributed by atoms with Gasteiger partial charge in [-0.1, -0.05) is 41.7 Å². The summed E-state index contributed by atoms with van der Waals surface area (Å²) in [6, 6.07) is 3.36. The number of carbonyl (C=O) groups is 1. The van der Waals surface area contributed by atoms with Crippen molar-refractivity contribution < 1.29 is 14.3 Å². The number of amides is 1. The summed E-state index contributed by atoms with van der Waals surface area (Å²) in [6.07, 6.45) is 3.34. The largest absolute Gasteiger partial charge is 0.493 e. The Balaban J connectivity index is 2.45. The van der Waals surface area contributed by atoms with Crippen LogP contribution in [-0.2, 0) is 4.79 Å². The van der Waals surface area contributed by atoms with E-state index in [1.165, 1.54) is 30.9 Å². The molecule has 0 spiro atoms. The fourth-order valence-corrected chi connectivity index (χ4v) is 3.48. The van der Waals surface area contributed by atoms with Crippen molar-refractivity contribution in [3.8, 4) is 11.5 Å². The number of ether oxygens (including phenoxy) is 2. The maximum Gasteiger partial charge on any atom is 0.266 e. The summed E-state index contributed by atoms with van der Waals surface area (Å²) in [5, 5.41) is 0.491. The molecule has 0 unspecified atom stereocenters. The number of halogens is 1. The zero-order valence-corrected chi connectivity index (χ0v) is 14.5. The maximum absolute atomic E-state index is 12.3. The van der Waals surface area contributed by atoms with E-state index in [1.54, 1.807) is 24.3 Å². The molecule has 7 heteroatoms. The molecular weight excluding hydrogens is 342 g/mol. The Morgan fingerprint density at radius 3 is 2.73 bits per heavy atom. The third-order valence-corrected chi connectivity index (χ3v) is 4.54. The van der Waals surface area contributed by atoms with Crippen molar-refractivity contribution in [1.82, 2.24) is 4.90 Å². The fourth-order valence-electron chi connectivity index (χ4n) is 1.99. The molecule has 1 saturated heterocycles. The number of benzene rings is 1. The number of nitrogens with zero attached hydrogens (tertiary/aromatic N) is 1. The first-order valence-electron chi connectivity index (χ1n) is 6.29. The molecule has 0 bridgehead atoms. The Morgan fingerprint density at radius 1 is 1.41 bits per heavy atom. The smallest absolute Gasteiger partial charge is 0.266 e. The number of thiocarbonyl (C=S) groups is 1. The summed E-state index contributed by atoms with van der Waals surface area (Å²) in [7, 11) is 3.06. The van der Waals surface area contributed by atoms with Crippen LogP contribution in [0.1, 0.15) is 5.56 Å². The van der Waals surface area contributed by atoms with E-state index in [1.807, 2.05) is 0 Å². The predicted octanol–water partition coefficient (Wildman–Crippen LogP) is 3.74. The Morgan fingerprint density at radius 2 is 2.14 bits per heavy atom. The molecule has 116 valence electrons. The quantitative estimate of drug-likeness (QED) is 0.457. The standard InChI is InChI=1S/C15H14ClNO3S2/c1-4-5-17-14(18)12(22-15(17)21)7-9-6-10(16)8-11(19-2)13(9)20-3/h4,6-8H,1,5H2,2-3H3/b12-7-. The number of carbonyl (C=O) groups excluding carboxylic acids is 1. The summed E-state index contributed by atoms with van der Waals surface area (Å²) in [5.74, 6) is 0.861. The lowest BCUT2D eigenvalue weighted by Gasteiger charge is -2.12. The average molecular weight is 356 g/mol. The van der Waals surface area contributed by atoms with Crippen LogP contribution in [0.25, 0.3) is 6.08 Å². The molecule has 0 aromatic heterocycles. The van der Waals surface area contributed by atoms with E-state index in [4.69, 9.17) is 33.3 Å². The zero-order chi connectivity index (χ0) is 16.3. The SMILES string of the molecule is C=CCN1C(=O)/C(=C/c2cc(Cl)cc(OC)c2OC)SC1=S. The van der Waals surface area contributed by atoms with Gasteiger partial charge in [0.2, 0.25) is 0 Å². The van der Waals surface area contributed by atoms with Gasteiger partial charge in [-0.2, -0.15) is 0 Å². The van der Waals surface area contributed by atoms with E-state index in [0.29, 0.717) is 37.9 Å². The highest BCUT2D eigenvalue weighted by molar-refractivity contribution is 8.26. The lowest BCUT2D eigenvalue weighted by molar-refractivity contribution is -0.121. The average Bonchev–Trinajstić information content (AvgIpc) is 2.74. The van der Waals surface area contributed by atoms with Crippen LogP contribution < -0.4 is 9.47 Å². The first kappa shape index (κ1) is 16.9. The Hall–Kier alpha value is -1.50. The van der Waals surface area contributed by atoms with Crippen LogP contribution in [0.4, 0.5) is 0 Å². The molecule has 0 saturated carbocycles. The number of methoxy groups -OCH3 is 2. The molecule has 0 aliphatic carbocycles. The molecule has 1 aromatic carbocycles. The molecule has 1 aromatic rings. The fraction of sp³-hybridized carbons (Fsp3) is 0.200. The van der Waals surface area contributed by atoms with Gasteiger partial charge in [-0.3, -0.25) is 9.69 Å². The molecule has 4 nitrogen and oxygen atoms in total. The molecule has 1 heterocycles. The Bertz CT molecular complexity index is 673. The summed E-state index contributed by atoms with van der Waals surface area (Å²) in [6.45, 7) is 4.01. The van der Waals surface area contributed by atoms with Gasteiger partial charge in [-0.15, -0.1) is 6.58 Å². The number of thioether (sulfide) groups is 1. The van der Waals surface area contributed by atoms with Crippen LogP contribution in [0.2, 0.25) is 5.02 Å². The second kappa shape index (κ2) is 7.17. The van der Waals surface area contributed by atoms with Gasteiger partial charge in [-0.25, -0.2) is 0 Å². The number of rotatable bonds is 5. The predicted molar refractivity (Wildman–Crippen MR) is 94.6 cm³/mol. The second-order valence-electron chi connectivity index (χ2n) is 4.31. The topological polar surface area (TPSA) is 38.8 Å². The molecule has 0 radical (unpaired) electrons. The minimum atomic E-state index is -0.157. The third kappa shape index (κ3) is 3.29. The minimum absolute atomic E-state index is 0.157. The molecule has 2 rings (SSSR count). The highest BCUT2D eigenvalue weighted by Crippen LogP contribution is 2.39. The molecule has 0 N–H and O–H groups in total. The molecule has 0 atom stereocenters. The Kier molecular flexibility index (Phi) is 5.50. The van der Waals surface area contributed by atoms with E-state index in [0.717, 1.165) is 0 Å².